The second-order valence-corrected chi connectivity index (χ2v) is 14.4. The number of halogens is 3. The summed E-state index contributed by atoms with van der Waals surface area (Å²) in [5, 5.41) is 0. The van der Waals surface area contributed by atoms with Crippen molar-refractivity contribution in [3.63, 3.8) is 0 Å². The molecule has 10 rings (SSSR count). The first-order valence-corrected chi connectivity index (χ1v) is 18.7. The van der Waals surface area contributed by atoms with E-state index in [4.69, 9.17) is 9.97 Å². The van der Waals surface area contributed by atoms with E-state index < -0.39 is 11.7 Å². The summed E-state index contributed by atoms with van der Waals surface area (Å²) in [6, 6.07) is 52.1. The highest BCUT2D eigenvalue weighted by Gasteiger charge is 2.32. The van der Waals surface area contributed by atoms with Crippen LogP contribution in [0, 0.1) is 13.8 Å². The molecule has 57 heavy (non-hydrogen) atoms. The SMILES string of the molecule is Cc1cccc(-n2c(-c3cc(-c4nc5ccccc5n4-c4cccc(C)c4)cc(-c4[nH]c5ccccc5[n+]4-c4cccc(C(F)(F)F)c4)c3)nc3ccccc32)c1. The van der Waals surface area contributed by atoms with Crippen molar-refractivity contribution < 1.29 is 17.7 Å². The highest BCUT2D eigenvalue weighted by atomic mass is 19.4. The zero-order valence-electron chi connectivity index (χ0n) is 31.0. The Hall–Kier alpha value is -7.26. The van der Waals surface area contributed by atoms with Crippen LogP contribution < -0.4 is 4.57 Å². The van der Waals surface area contributed by atoms with Crippen LogP contribution in [0.25, 0.3) is 84.3 Å². The number of fused-ring (bicyclic) bond motifs is 3. The number of rotatable bonds is 6. The number of nitrogens with zero attached hydrogens (tertiary/aromatic N) is 5. The number of aryl methyl sites for hydroxylation is 2. The lowest BCUT2D eigenvalue weighted by Gasteiger charge is -2.14. The first kappa shape index (κ1) is 34.2. The van der Waals surface area contributed by atoms with Gasteiger partial charge in [-0.15, -0.1) is 0 Å². The Morgan fingerprint density at radius 1 is 0.526 bits per heavy atom. The number of imidazole rings is 3. The van der Waals surface area contributed by atoms with Gasteiger partial charge in [-0.3, -0.25) is 9.13 Å². The summed E-state index contributed by atoms with van der Waals surface area (Å²) in [5.74, 6) is 2.03. The summed E-state index contributed by atoms with van der Waals surface area (Å²) in [6.45, 7) is 4.14. The predicted molar refractivity (Wildman–Crippen MR) is 220 cm³/mol. The van der Waals surface area contributed by atoms with E-state index in [-0.39, 0.29) is 0 Å². The molecule has 0 fully saturated rings. The molecule has 6 nitrogen and oxygen atoms in total. The van der Waals surface area contributed by atoms with Gasteiger partial charge in [0.1, 0.15) is 17.3 Å². The Morgan fingerprint density at radius 3 is 1.63 bits per heavy atom. The number of alkyl halides is 3. The first-order valence-electron chi connectivity index (χ1n) is 18.7. The number of aromatic nitrogens is 6. The van der Waals surface area contributed by atoms with E-state index in [1.54, 1.807) is 6.07 Å². The molecule has 9 heteroatoms. The van der Waals surface area contributed by atoms with E-state index in [2.05, 4.69) is 94.7 Å². The summed E-state index contributed by atoms with van der Waals surface area (Å²) in [5.41, 5.74) is 11.2. The van der Waals surface area contributed by atoms with E-state index >= 15 is 0 Å². The average molecular weight is 752 g/mol. The van der Waals surface area contributed by atoms with Gasteiger partial charge in [-0.2, -0.15) is 17.7 Å². The van der Waals surface area contributed by atoms with Crippen LogP contribution in [0.5, 0.6) is 0 Å². The highest BCUT2D eigenvalue weighted by molar-refractivity contribution is 5.88. The van der Waals surface area contributed by atoms with E-state index in [9.17, 15) is 13.2 Å². The molecule has 7 aromatic carbocycles. The van der Waals surface area contributed by atoms with E-state index in [0.717, 1.165) is 78.4 Å². The van der Waals surface area contributed by atoms with E-state index in [1.807, 2.05) is 77.4 Å². The number of nitrogens with one attached hydrogen (secondary N) is 1. The molecule has 3 heterocycles. The van der Waals surface area contributed by atoms with Crippen LogP contribution in [0.4, 0.5) is 13.2 Å². The Bertz CT molecular complexity index is 3020. The minimum Gasteiger partial charge on any atom is -0.292 e. The second-order valence-electron chi connectivity index (χ2n) is 14.4. The lowest BCUT2D eigenvalue weighted by atomic mass is 10.0. The van der Waals surface area contributed by atoms with Gasteiger partial charge < -0.3 is 0 Å². The molecule has 0 amide bonds. The van der Waals surface area contributed by atoms with Crippen molar-refractivity contribution in [3.8, 4) is 51.2 Å². The zero-order valence-corrected chi connectivity index (χ0v) is 31.0. The van der Waals surface area contributed by atoms with Crippen molar-refractivity contribution >= 4 is 33.1 Å². The molecule has 0 saturated heterocycles. The maximum Gasteiger partial charge on any atom is 0.416 e. The molecule has 1 N–H and O–H groups in total. The lowest BCUT2D eigenvalue weighted by molar-refractivity contribution is -0.554. The third kappa shape index (κ3) is 5.95. The monoisotopic (exact) mass is 751 g/mol. The van der Waals surface area contributed by atoms with Crippen LogP contribution in [0.1, 0.15) is 16.7 Å². The fourth-order valence-corrected chi connectivity index (χ4v) is 7.89. The third-order valence-electron chi connectivity index (χ3n) is 10.4. The lowest BCUT2D eigenvalue weighted by Crippen LogP contribution is -2.32. The summed E-state index contributed by atoms with van der Waals surface area (Å²) < 4.78 is 48.7. The molecule has 0 spiro atoms. The van der Waals surface area contributed by atoms with Gasteiger partial charge in [-0.1, -0.05) is 66.7 Å². The number of hydrogen-bond donors (Lipinski definition) is 1. The van der Waals surface area contributed by atoms with Gasteiger partial charge in [0.05, 0.1) is 33.2 Å². The molecular formula is C48H34F3N6+. The van der Waals surface area contributed by atoms with Crippen molar-refractivity contribution in [2.75, 3.05) is 0 Å². The highest BCUT2D eigenvalue weighted by Crippen LogP contribution is 2.38. The summed E-state index contributed by atoms with van der Waals surface area (Å²) in [7, 11) is 0. The van der Waals surface area contributed by atoms with Gasteiger partial charge in [-0.05, 0) is 122 Å². The molecule has 0 saturated carbocycles. The third-order valence-corrected chi connectivity index (χ3v) is 10.4. The maximum absolute atomic E-state index is 14.2. The van der Waals surface area contributed by atoms with Crippen molar-refractivity contribution in [2.45, 2.75) is 20.0 Å². The predicted octanol–water partition coefficient (Wildman–Crippen LogP) is 11.8. The van der Waals surface area contributed by atoms with Gasteiger partial charge >= 0.3 is 6.18 Å². The Balaban J connectivity index is 1.31. The number of aromatic amines is 1. The maximum atomic E-state index is 14.2. The quantitative estimate of drug-likeness (QED) is 0.172. The average Bonchev–Trinajstić information content (AvgIpc) is 3.93. The molecule has 0 aliphatic heterocycles. The fourth-order valence-electron chi connectivity index (χ4n) is 7.89. The molecule has 0 unspecified atom stereocenters. The van der Waals surface area contributed by atoms with Gasteiger partial charge in [0.15, 0.2) is 11.0 Å². The second kappa shape index (κ2) is 13.2. The smallest absolute Gasteiger partial charge is 0.292 e. The Kier molecular flexibility index (Phi) is 7.93. The van der Waals surface area contributed by atoms with Crippen LogP contribution in [-0.2, 0) is 6.18 Å². The topological polar surface area (TPSA) is 55.3 Å². The van der Waals surface area contributed by atoms with Crippen LogP contribution >= 0.6 is 0 Å². The fraction of sp³-hybridized carbons (Fsp3) is 0.0625. The zero-order chi connectivity index (χ0) is 38.8. The van der Waals surface area contributed by atoms with Gasteiger partial charge in [0.25, 0.3) is 5.82 Å². The molecule has 0 bridgehead atoms. The normalized spacial score (nSPS) is 11.9. The minimum atomic E-state index is -4.51. The number of H-pyrrole nitrogens is 1. The standard InChI is InChI=1S/C48H33F3N6/c1-30-12-9-15-36(24-30)55-42-21-6-3-18-39(42)52-45(55)32-26-33(46-53-40-19-4-7-22-43(40)56(46)37-16-10-13-31(2)25-37)28-34(27-32)47-54-41-20-5-8-23-44(41)57(47)38-17-11-14-35(29-38)48(49,50)51/h3-29H,1-2H3/p+1. The minimum absolute atomic E-state index is 0.378. The summed E-state index contributed by atoms with van der Waals surface area (Å²) in [4.78, 5) is 14.1. The first-order chi connectivity index (χ1) is 27.7. The van der Waals surface area contributed by atoms with Crippen LogP contribution in [0.2, 0.25) is 0 Å². The van der Waals surface area contributed by atoms with Crippen LogP contribution in [0.3, 0.4) is 0 Å². The number of benzene rings is 7. The van der Waals surface area contributed by atoms with Crippen molar-refractivity contribution in [3.05, 3.63) is 180 Å². The van der Waals surface area contributed by atoms with Crippen LogP contribution in [-0.4, -0.2) is 24.1 Å². The van der Waals surface area contributed by atoms with E-state index in [0.29, 0.717) is 23.2 Å². The molecular weight excluding hydrogens is 718 g/mol. The molecule has 3 aromatic heterocycles. The van der Waals surface area contributed by atoms with E-state index in [1.165, 1.54) is 12.1 Å². The van der Waals surface area contributed by atoms with Gasteiger partial charge in [-0.25, -0.2) is 15.0 Å². The summed E-state index contributed by atoms with van der Waals surface area (Å²) in [6.07, 6.45) is -4.51. The largest absolute Gasteiger partial charge is 0.416 e. The van der Waals surface area contributed by atoms with Crippen molar-refractivity contribution in [2.24, 2.45) is 0 Å². The molecule has 0 aliphatic rings. The van der Waals surface area contributed by atoms with Gasteiger partial charge in [0.2, 0.25) is 0 Å². The number of hydrogen-bond acceptors (Lipinski definition) is 2. The number of para-hydroxylation sites is 6. The molecule has 0 atom stereocenters. The molecule has 276 valence electrons. The van der Waals surface area contributed by atoms with Gasteiger partial charge in [0, 0.05) is 22.5 Å². The van der Waals surface area contributed by atoms with Crippen molar-refractivity contribution in [1.82, 2.24) is 24.1 Å². The van der Waals surface area contributed by atoms with Crippen LogP contribution in [0.15, 0.2) is 164 Å². The van der Waals surface area contributed by atoms with Crippen molar-refractivity contribution in [1.29, 1.82) is 0 Å². The molecule has 10 aromatic rings. The summed E-state index contributed by atoms with van der Waals surface area (Å²) >= 11 is 0. The molecule has 0 radical (unpaired) electrons. The Labute approximate surface area is 325 Å². The Morgan fingerprint density at radius 2 is 1.05 bits per heavy atom. The molecule has 0 aliphatic carbocycles.